The fraction of sp³-hybridized carbons (Fsp3) is 0.727. The van der Waals surface area contributed by atoms with E-state index in [1.165, 1.54) is 12.0 Å². The molecule has 1 aliphatic heterocycles. The molecule has 1 heterocycles. The summed E-state index contributed by atoms with van der Waals surface area (Å²) < 4.78 is 11.3. The average Bonchev–Trinajstić information content (AvgIpc) is 2.53. The predicted octanol–water partition coefficient (Wildman–Crippen LogP) is 3.72. The molecular formula is C22H37NO3. The third kappa shape index (κ3) is 7.26. The Morgan fingerprint density at radius 3 is 2.27 bits per heavy atom. The first-order valence-electron chi connectivity index (χ1n) is 9.95. The van der Waals surface area contributed by atoms with Gasteiger partial charge in [-0.05, 0) is 41.4 Å². The Hall–Kier alpha value is -1.10. The zero-order valence-corrected chi connectivity index (χ0v) is 17.2. The summed E-state index contributed by atoms with van der Waals surface area (Å²) in [7, 11) is 0. The van der Waals surface area contributed by atoms with Crippen LogP contribution in [0.4, 0.5) is 0 Å². The van der Waals surface area contributed by atoms with Gasteiger partial charge in [0.25, 0.3) is 0 Å². The third-order valence-electron chi connectivity index (χ3n) is 4.94. The highest BCUT2D eigenvalue weighted by Gasteiger charge is 2.23. The van der Waals surface area contributed by atoms with Crippen molar-refractivity contribution in [3.8, 4) is 5.75 Å². The quantitative estimate of drug-likeness (QED) is 0.715. The molecule has 0 radical (unpaired) electrons. The Morgan fingerprint density at radius 2 is 1.69 bits per heavy atom. The number of rotatable bonds is 8. The van der Waals surface area contributed by atoms with Gasteiger partial charge in [0.2, 0.25) is 0 Å². The Balaban J connectivity index is 1.60. The first-order valence-corrected chi connectivity index (χ1v) is 9.95. The molecule has 1 fully saturated rings. The van der Waals surface area contributed by atoms with Crippen LogP contribution in [-0.4, -0.2) is 55.6 Å². The molecule has 0 aliphatic carbocycles. The van der Waals surface area contributed by atoms with Gasteiger partial charge in [-0.2, -0.15) is 0 Å². The second kappa shape index (κ2) is 9.72. The van der Waals surface area contributed by atoms with Crippen molar-refractivity contribution in [3.63, 3.8) is 0 Å². The van der Waals surface area contributed by atoms with Crippen LogP contribution in [0.2, 0.25) is 0 Å². The predicted molar refractivity (Wildman–Crippen MR) is 107 cm³/mol. The monoisotopic (exact) mass is 363 g/mol. The van der Waals surface area contributed by atoms with Crippen LogP contribution in [0.5, 0.6) is 5.75 Å². The summed E-state index contributed by atoms with van der Waals surface area (Å²) in [6.45, 7) is 15.4. The van der Waals surface area contributed by atoms with E-state index in [0.717, 1.165) is 18.8 Å². The maximum absolute atomic E-state index is 10.2. The standard InChI is InChI=1S/C22H37NO3/c1-17-12-18(2)14-23(13-17)15-20(24)16-25-10-11-26-21-8-6-19(7-9-21)22(3,4)5/h6-9,17-18,20,24H,10-16H2,1-5H3/t17-,18+,20-/m0/s1. The van der Waals surface area contributed by atoms with E-state index in [1.54, 1.807) is 0 Å². The second-order valence-electron chi connectivity index (χ2n) is 9.02. The number of aliphatic hydroxyl groups excluding tert-OH is 1. The number of hydrogen-bond acceptors (Lipinski definition) is 4. The summed E-state index contributed by atoms with van der Waals surface area (Å²) in [6.07, 6.45) is 0.857. The number of ether oxygens (including phenoxy) is 2. The normalized spacial score (nSPS) is 23.0. The molecule has 1 N–H and O–H groups in total. The maximum Gasteiger partial charge on any atom is 0.119 e. The van der Waals surface area contributed by atoms with E-state index in [1.807, 2.05) is 12.1 Å². The lowest BCUT2D eigenvalue weighted by Gasteiger charge is -2.35. The molecule has 0 bridgehead atoms. The number of hydrogen-bond donors (Lipinski definition) is 1. The Bertz CT molecular complexity index is 513. The molecule has 2 rings (SSSR count). The molecule has 0 unspecified atom stereocenters. The molecule has 0 spiro atoms. The minimum atomic E-state index is -0.432. The lowest BCUT2D eigenvalue weighted by atomic mass is 9.87. The smallest absolute Gasteiger partial charge is 0.119 e. The van der Waals surface area contributed by atoms with Crippen molar-refractivity contribution in [2.75, 3.05) is 39.5 Å². The van der Waals surface area contributed by atoms with Gasteiger partial charge >= 0.3 is 0 Å². The molecule has 4 heteroatoms. The van der Waals surface area contributed by atoms with Crippen LogP contribution in [0.3, 0.4) is 0 Å². The fourth-order valence-electron chi connectivity index (χ4n) is 3.78. The van der Waals surface area contributed by atoms with Gasteiger partial charge in [-0.3, -0.25) is 0 Å². The highest BCUT2D eigenvalue weighted by molar-refractivity contribution is 5.31. The Morgan fingerprint density at radius 1 is 1.08 bits per heavy atom. The fourth-order valence-corrected chi connectivity index (χ4v) is 3.78. The van der Waals surface area contributed by atoms with Crippen LogP contribution >= 0.6 is 0 Å². The minimum Gasteiger partial charge on any atom is -0.491 e. The molecule has 1 saturated heterocycles. The molecule has 1 aliphatic rings. The van der Waals surface area contributed by atoms with Crippen LogP contribution in [0, 0.1) is 11.8 Å². The van der Waals surface area contributed by atoms with Gasteiger partial charge in [-0.25, -0.2) is 0 Å². The highest BCUT2D eigenvalue weighted by Crippen LogP contribution is 2.24. The van der Waals surface area contributed by atoms with Gasteiger partial charge in [-0.1, -0.05) is 46.8 Å². The van der Waals surface area contributed by atoms with Crippen molar-refractivity contribution in [3.05, 3.63) is 29.8 Å². The molecule has 1 aromatic carbocycles. The molecule has 4 nitrogen and oxygen atoms in total. The van der Waals surface area contributed by atoms with Gasteiger partial charge in [0, 0.05) is 19.6 Å². The summed E-state index contributed by atoms with van der Waals surface area (Å²) in [4.78, 5) is 2.36. The number of nitrogens with zero attached hydrogens (tertiary/aromatic N) is 1. The van der Waals surface area contributed by atoms with E-state index in [4.69, 9.17) is 9.47 Å². The van der Waals surface area contributed by atoms with E-state index in [2.05, 4.69) is 51.7 Å². The summed E-state index contributed by atoms with van der Waals surface area (Å²) in [5.41, 5.74) is 1.45. The lowest BCUT2D eigenvalue weighted by molar-refractivity contribution is -0.00211. The van der Waals surface area contributed by atoms with Crippen LogP contribution in [-0.2, 0) is 10.2 Å². The molecule has 26 heavy (non-hydrogen) atoms. The minimum absolute atomic E-state index is 0.154. The molecule has 0 amide bonds. The number of benzene rings is 1. The van der Waals surface area contributed by atoms with Gasteiger partial charge in [0.15, 0.2) is 0 Å². The molecule has 0 aromatic heterocycles. The van der Waals surface area contributed by atoms with Crippen molar-refractivity contribution in [2.24, 2.45) is 11.8 Å². The van der Waals surface area contributed by atoms with Gasteiger partial charge in [-0.15, -0.1) is 0 Å². The molecular weight excluding hydrogens is 326 g/mol. The van der Waals surface area contributed by atoms with Gasteiger partial charge in [0.1, 0.15) is 12.4 Å². The van der Waals surface area contributed by atoms with Crippen molar-refractivity contribution in [1.82, 2.24) is 4.90 Å². The SMILES string of the molecule is C[C@@H]1C[C@H](C)CN(C[C@H](O)COCCOc2ccc(C(C)(C)C)cc2)C1. The summed E-state index contributed by atoms with van der Waals surface area (Å²) in [6, 6.07) is 8.24. The maximum atomic E-state index is 10.2. The van der Waals surface area contributed by atoms with Crippen molar-refractivity contribution in [1.29, 1.82) is 0 Å². The summed E-state index contributed by atoms with van der Waals surface area (Å²) >= 11 is 0. The topological polar surface area (TPSA) is 41.9 Å². The second-order valence-corrected chi connectivity index (χ2v) is 9.02. The number of β-amino-alcohol motifs (C(OH)–C–C–N with tert-alkyl or cyclic N) is 1. The summed E-state index contributed by atoms with van der Waals surface area (Å²) in [5, 5.41) is 10.2. The van der Waals surface area contributed by atoms with Crippen LogP contribution < -0.4 is 4.74 Å². The van der Waals surface area contributed by atoms with E-state index in [0.29, 0.717) is 38.2 Å². The summed E-state index contributed by atoms with van der Waals surface area (Å²) in [5.74, 6) is 2.29. The third-order valence-corrected chi connectivity index (χ3v) is 4.94. The largest absolute Gasteiger partial charge is 0.491 e. The van der Waals surface area contributed by atoms with Gasteiger partial charge < -0.3 is 19.5 Å². The number of piperidine rings is 1. The molecule has 148 valence electrons. The van der Waals surface area contributed by atoms with Crippen LogP contribution in [0.25, 0.3) is 0 Å². The number of likely N-dealkylation sites (tertiary alicyclic amines) is 1. The van der Waals surface area contributed by atoms with Crippen LogP contribution in [0.1, 0.15) is 46.6 Å². The first kappa shape index (κ1) is 21.2. The Kier molecular flexibility index (Phi) is 7.93. The average molecular weight is 364 g/mol. The van der Waals surface area contributed by atoms with Crippen molar-refractivity contribution >= 4 is 0 Å². The van der Waals surface area contributed by atoms with Crippen LogP contribution in [0.15, 0.2) is 24.3 Å². The highest BCUT2D eigenvalue weighted by atomic mass is 16.5. The van der Waals surface area contributed by atoms with E-state index in [-0.39, 0.29) is 5.41 Å². The molecule has 1 aromatic rings. The molecule has 3 atom stereocenters. The van der Waals surface area contributed by atoms with E-state index < -0.39 is 6.10 Å². The first-order chi connectivity index (χ1) is 12.2. The van der Waals surface area contributed by atoms with Crippen molar-refractivity contribution < 1.29 is 14.6 Å². The zero-order chi connectivity index (χ0) is 19.2. The lowest BCUT2D eigenvalue weighted by Crippen LogP contribution is -2.43. The zero-order valence-electron chi connectivity index (χ0n) is 17.2. The van der Waals surface area contributed by atoms with Crippen molar-refractivity contribution in [2.45, 2.75) is 52.6 Å². The van der Waals surface area contributed by atoms with E-state index in [9.17, 15) is 5.11 Å². The number of aliphatic hydroxyl groups is 1. The molecule has 0 saturated carbocycles. The van der Waals surface area contributed by atoms with Gasteiger partial charge in [0.05, 0.1) is 19.3 Å². The Labute approximate surface area is 159 Å². The van der Waals surface area contributed by atoms with E-state index >= 15 is 0 Å².